The quantitative estimate of drug-likeness (QED) is 0.633. The Morgan fingerprint density at radius 1 is 1.35 bits per heavy atom. The number of benzene rings is 1. The van der Waals surface area contributed by atoms with Crippen LogP contribution >= 0.6 is 0 Å². The molecule has 1 fully saturated rings. The van der Waals surface area contributed by atoms with Gasteiger partial charge in [0.15, 0.2) is 5.96 Å². The highest BCUT2D eigenvalue weighted by atomic mass is 32.2. The second kappa shape index (κ2) is 7.79. The highest BCUT2D eigenvalue weighted by Crippen LogP contribution is 2.20. The number of nitrogens with two attached hydrogens (primary N) is 1. The predicted octanol–water partition coefficient (Wildman–Crippen LogP) is 1.79. The van der Waals surface area contributed by atoms with Crippen LogP contribution in [0.4, 0.5) is 5.69 Å². The van der Waals surface area contributed by atoms with E-state index < -0.39 is 10.0 Å². The SMILES string of the molecule is CCc1ccc(NC(N)=NCC2CCCCN2S(C)(=O)=O)cc1. The van der Waals surface area contributed by atoms with Crippen LogP contribution in [0, 0.1) is 0 Å². The van der Waals surface area contributed by atoms with Crippen molar-refractivity contribution in [1.82, 2.24) is 4.31 Å². The summed E-state index contributed by atoms with van der Waals surface area (Å²) in [5.41, 5.74) is 8.06. The van der Waals surface area contributed by atoms with Crippen LogP contribution in [0.3, 0.4) is 0 Å². The molecule has 1 atom stereocenters. The van der Waals surface area contributed by atoms with E-state index in [9.17, 15) is 8.42 Å². The number of guanidine groups is 1. The second-order valence-corrected chi connectivity index (χ2v) is 7.86. The molecule has 1 aliphatic rings. The third-order valence-electron chi connectivity index (χ3n) is 4.11. The van der Waals surface area contributed by atoms with Crippen molar-refractivity contribution in [3.8, 4) is 0 Å². The van der Waals surface area contributed by atoms with Gasteiger partial charge in [-0.3, -0.25) is 4.99 Å². The Hall–Kier alpha value is -1.60. The Morgan fingerprint density at radius 3 is 2.65 bits per heavy atom. The van der Waals surface area contributed by atoms with Gasteiger partial charge in [-0.1, -0.05) is 25.5 Å². The van der Waals surface area contributed by atoms with Gasteiger partial charge in [-0.25, -0.2) is 8.42 Å². The minimum atomic E-state index is -3.19. The van der Waals surface area contributed by atoms with Crippen LogP contribution in [-0.2, 0) is 16.4 Å². The third-order valence-corrected chi connectivity index (χ3v) is 5.44. The fourth-order valence-electron chi connectivity index (χ4n) is 2.81. The van der Waals surface area contributed by atoms with Crippen LogP contribution in [0.1, 0.15) is 31.7 Å². The third kappa shape index (κ3) is 5.21. The molecule has 0 radical (unpaired) electrons. The number of hydrogen-bond donors (Lipinski definition) is 2. The number of anilines is 1. The summed E-state index contributed by atoms with van der Waals surface area (Å²) >= 11 is 0. The molecule has 23 heavy (non-hydrogen) atoms. The highest BCUT2D eigenvalue weighted by molar-refractivity contribution is 7.88. The number of rotatable bonds is 5. The number of nitrogens with zero attached hydrogens (tertiary/aromatic N) is 2. The van der Waals surface area contributed by atoms with Crippen LogP contribution in [-0.4, -0.2) is 44.1 Å². The zero-order valence-electron chi connectivity index (χ0n) is 13.8. The van der Waals surface area contributed by atoms with Crippen LogP contribution < -0.4 is 11.1 Å². The molecule has 0 aliphatic carbocycles. The Bertz CT molecular complexity index is 641. The number of sulfonamides is 1. The van der Waals surface area contributed by atoms with Gasteiger partial charge in [0.1, 0.15) is 0 Å². The Balaban J connectivity index is 1.97. The van der Waals surface area contributed by atoms with E-state index in [0.29, 0.717) is 19.0 Å². The van der Waals surface area contributed by atoms with E-state index in [1.165, 1.54) is 11.8 Å². The van der Waals surface area contributed by atoms with Gasteiger partial charge in [-0.2, -0.15) is 4.31 Å². The van der Waals surface area contributed by atoms with Gasteiger partial charge in [0.25, 0.3) is 0 Å². The first-order valence-corrected chi connectivity index (χ1v) is 9.87. The van der Waals surface area contributed by atoms with Gasteiger partial charge in [-0.05, 0) is 37.0 Å². The van der Waals surface area contributed by atoms with E-state index >= 15 is 0 Å². The maximum Gasteiger partial charge on any atom is 0.211 e. The van der Waals surface area contributed by atoms with Gasteiger partial charge >= 0.3 is 0 Å². The van der Waals surface area contributed by atoms with E-state index in [4.69, 9.17) is 5.73 Å². The van der Waals surface area contributed by atoms with Gasteiger partial charge in [-0.15, -0.1) is 0 Å². The number of piperidine rings is 1. The van der Waals surface area contributed by atoms with E-state index in [1.54, 1.807) is 4.31 Å². The van der Waals surface area contributed by atoms with E-state index in [1.807, 2.05) is 24.3 Å². The second-order valence-electron chi connectivity index (χ2n) is 5.92. The average Bonchev–Trinajstić information content (AvgIpc) is 2.53. The standard InChI is InChI=1S/C16H26N4O2S/c1-3-13-7-9-14(10-8-13)19-16(17)18-12-15-6-4-5-11-20(15)23(2,21)22/h7-10,15H,3-6,11-12H2,1-2H3,(H3,17,18,19). The summed E-state index contributed by atoms with van der Waals surface area (Å²) in [4.78, 5) is 4.33. The van der Waals surface area contributed by atoms with Crippen molar-refractivity contribution in [2.24, 2.45) is 10.7 Å². The lowest BCUT2D eigenvalue weighted by molar-refractivity contribution is 0.259. The summed E-state index contributed by atoms with van der Waals surface area (Å²) in [5, 5.41) is 3.05. The largest absolute Gasteiger partial charge is 0.370 e. The Morgan fingerprint density at radius 2 is 2.04 bits per heavy atom. The molecule has 0 spiro atoms. The van der Waals surface area contributed by atoms with Crippen LogP contribution in [0.5, 0.6) is 0 Å². The van der Waals surface area contributed by atoms with Gasteiger partial charge in [0, 0.05) is 18.3 Å². The van der Waals surface area contributed by atoms with Crippen molar-refractivity contribution in [2.45, 2.75) is 38.6 Å². The maximum absolute atomic E-state index is 11.8. The lowest BCUT2D eigenvalue weighted by Gasteiger charge is -2.32. The van der Waals surface area contributed by atoms with E-state index in [2.05, 4.69) is 17.2 Å². The van der Waals surface area contributed by atoms with E-state index in [0.717, 1.165) is 31.4 Å². The molecule has 0 saturated carbocycles. The van der Waals surface area contributed by atoms with Crippen LogP contribution in [0.2, 0.25) is 0 Å². The molecule has 1 saturated heterocycles. The number of nitrogens with one attached hydrogen (secondary N) is 1. The summed E-state index contributed by atoms with van der Waals surface area (Å²) < 4.78 is 25.2. The first-order valence-electron chi connectivity index (χ1n) is 8.03. The molecule has 1 aliphatic heterocycles. The molecule has 128 valence electrons. The zero-order chi connectivity index (χ0) is 16.9. The van der Waals surface area contributed by atoms with Crippen molar-refractivity contribution < 1.29 is 8.42 Å². The summed E-state index contributed by atoms with van der Waals surface area (Å²) in [6.07, 6.45) is 5.01. The minimum Gasteiger partial charge on any atom is -0.370 e. The van der Waals surface area contributed by atoms with Gasteiger partial charge < -0.3 is 11.1 Å². The molecule has 1 heterocycles. The summed E-state index contributed by atoms with van der Waals surface area (Å²) in [6.45, 7) is 3.07. The van der Waals surface area contributed by atoms with Crippen molar-refractivity contribution in [3.63, 3.8) is 0 Å². The maximum atomic E-state index is 11.8. The number of hydrogen-bond acceptors (Lipinski definition) is 3. The highest BCUT2D eigenvalue weighted by Gasteiger charge is 2.28. The van der Waals surface area contributed by atoms with Crippen molar-refractivity contribution in [2.75, 3.05) is 24.7 Å². The molecule has 1 aromatic rings. The predicted molar refractivity (Wildman–Crippen MR) is 95.1 cm³/mol. The van der Waals surface area contributed by atoms with Crippen LogP contribution in [0.25, 0.3) is 0 Å². The lowest BCUT2D eigenvalue weighted by atomic mass is 10.1. The van der Waals surface area contributed by atoms with Crippen molar-refractivity contribution in [3.05, 3.63) is 29.8 Å². The van der Waals surface area contributed by atoms with Crippen molar-refractivity contribution >= 4 is 21.7 Å². The summed E-state index contributed by atoms with van der Waals surface area (Å²) in [7, 11) is -3.19. The average molecular weight is 338 g/mol. The first kappa shape index (κ1) is 17.7. The Labute approximate surface area is 138 Å². The van der Waals surface area contributed by atoms with Gasteiger partial charge in [0.05, 0.1) is 12.8 Å². The molecule has 6 nitrogen and oxygen atoms in total. The molecular formula is C16H26N4O2S. The molecule has 7 heteroatoms. The molecule has 0 aromatic heterocycles. The monoisotopic (exact) mass is 338 g/mol. The first-order chi connectivity index (χ1) is 10.9. The smallest absolute Gasteiger partial charge is 0.211 e. The molecule has 0 amide bonds. The number of aliphatic imine (C=N–C) groups is 1. The molecular weight excluding hydrogens is 312 g/mol. The lowest BCUT2D eigenvalue weighted by Crippen LogP contribution is -2.45. The fraction of sp³-hybridized carbons (Fsp3) is 0.562. The Kier molecular flexibility index (Phi) is 6.01. The van der Waals surface area contributed by atoms with Crippen LogP contribution in [0.15, 0.2) is 29.3 Å². The summed E-state index contributed by atoms with van der Waals surface area (Å²) in [5.74, 6) is 0.313. The molecule has 1 aromatic carbocycles. The molecule has 2 rings (SSSR count). The fourth-order valence-corrected chi connectivity index (χ4v) is 3.98. The van der Waals surface area contributed by atoms with Gasteiger partial charge in [0.2, 0.25) is 10.0 Å². The normalized spacial score (nSPS) is 20.4. The summed E-state index contributed by atoms with van der Waals surface area (Å²) in [6, 6.07) is 7.92. The van der Waals surface area contributed by atoms with E-state index in [-0.39, 0.29) is 6.04 Å². The molecule has 3 N–H and O–H groups in total. The van der Waals surface area contributed by atoms with Crippen molar-refractivity contribution in [1.29, 1.82) is 0 Å². The minimum absolute atomic E-state index is 0.0958. The molecule has 0 bridgehead atoms. The number of aryl methyl sites for hydroxylation is 1. The zero-order valence-corrected chi connectivity index (χ0v) is 14.6. The molecule has 1 unspecified atom stereocenters. The topological polar surface area (TPSA) is 87.8 Å².